The van der Waals surface area contributed by atoms with Gasteiger partial charge >= 0.3 is 0 Å². The molecule has 0 fully saturated rings. The molecule has 2 unspecified atom stereocenters. The molecule has 3 aromatic carbocycles. The van der Waals surface area contributed by atoms with Crippen LogP contribution in [0, 0.1) is 5.82 Å². The van der Waals surface area contributed by atoms with Crippen LogP contribution in [0.2, 0.25) is 0 Å². The summed E-state index contributed by atoms with van der Waals surface area (Å²) in [5.74, 6) is -0.270. The number of carbonyl (C=O) groups excluding carboxylic acids is 1. The fourth-order valence-corrected chi connectivity index (χ4v) is 7.06. The number of aromatic nitrogens is 3. The number of rotatable bonds is 7. The minimum absolute atomic E-state index is 0.0762. The molecule has 2 N–H and O–H groups in total. The van der Waals surface area contributed by atoms with Crippen molar-refractivity contribution in [1.82, 2.24) is 14.6 Å². The summed E-state index contributed by atoms with van der Waals surface area (Å²) < 4.78 is 45.3. The van der Waals surface area contributed by atoms with Crippen LogP contribution < -0.4 is 15.4 Å². The van der Waals surface area contributed by atoms with E-state index in [1.807, 2.05) is 49.5 Å². The van der Waals surface area contributed by atoms with Gasteiger partial charge in [0.1, 0.15) is 11.6 Å². The van der Waals surface area contributed by atoms with Gasteiger partial charge in [-0.1, -0.05) is 31.2 Å². The number of fused-ring (bicyclic) bond motifs is 2. The number of nitrogens with one attached hydrogen (secondary N) is 2. The van der Waals surface area contributed by atoms with Gasteiger partial charge in [0.2, 0.25) is 11.9 Å². The number of anilines is 3. The van der Waals surface area contributed by atoms with Gasteiger partial charge < -0.3 is 15.4 Å². The van der Waals surface area contributed by atoms with Crippen LogP contribution in [0.25, 0.3) is 16.8 Å². The first-order chi connectivity index (χ1) is 20.1. The van der Waals surface area contributed by atoms with Crippen molar-refractivity contribution in [3.05, 3.63) is 95.9 Å². The lowest BCUT2D eigenvalue weighted by atomic mass is 10.00. The van der Waals surface area contributed by atoms with Crippen molar-refractivity contribution in [2.75, 3.05) is 23.5 Å². The molecule has 2 aromatic heterocycles. The minimum atomic E-state index is -3.33. The third-order valence-corrected chi connectivity index (χ3v) is 9.46. The molecular formula is C31H28FN5O4S. The lowest BCUT2D eigenvalue weighted by molar-refractivity contribution is -0.117. The monoisotopic (exact) mass is 585 g/mol. The molecule has 0 radical (unpaired) electrons. The molecule has 9 nitrogen and oxygen atoms in total. The van der Waals surface area contributed by atoms with Crippen molar-refractivity contribution in [3.8, 4) is 16.9 Å². The lowest BCUT2D eigenvalue weighted by Crippen LogP contribution is -2.18. The Bertz CT molecular complexity index is 1920. The average molecular weight is 586 g/mol. The van der Waals surface area contributed by atoms with Gasteiger partial charge in [-0.25, -0.2) is 17.3 Å². The molecule has 1 aliphatic rings. The first kappa shape index (κ1) is 27.4. The number of sulfone groups is 1. The van der Waals surface area contributed by atoms with Gasteiger partial charge in [0, 0.05) is 23.5 Å². The second kappa shape index (κ2) is 10.6. The summed E-state index contributed by atoms with van der Waals surface area (Å²) in [6, 6.07) is 20.5. The number of amides is 1. The van der Waals surface area contributed by atoms with E-state index in [9.17, 15) is 17.6 Å². The van der Waals surface area contributed by atoms with Crippen molar-refractivity contribution >= 4 is 38.7 Å². The van der Waals surface area contributed by atoms with E-state index in [1.54, 1.807) is 35.7 Å². The number of pyridine rings is 1. The highest BCUT2D eigenvalue weighted by Crippen LogP contribution is 2.41. The molecule has 42 heavy (non-hydrogen) atoms. The number of halogens is 1. The number of hydrogen-bond donors (Lipinski definition) is 2. The summed E-state index contributed by atoms with van der Waals surface area (Å²) in [4.78, 5) is 17.6. The Labute approximate surface area is 242 Å². The summed E-state index contributed by atoms with van der Waals surface area (Å²) >= 11 is 0. The zero-order chi connectivity index (χ0) is 29.6. The van der Waals surface area contributed by atoms with Crippen molar-refractivity contribution in [3.63, 3.8) is 0 Å². The molecule has 3 heterocycles. The fraction of sp³-hybridized carbons (Fsp3) is 0.194. The van der Waals surface area contributed by atoms with E-state index in [4.69, 9.17) is 4.74 Å². The Morgan fingerprint density at radius 3 is 2.48 bits per heavy atom. The number of hydrogen-bond acceptors (Lipinski definition) is 7. The molecule has 0 saturated heterocycles. The largest absolute Gasteiger partial charge is 0.495 e. The van der Waals surface area contributed by atoms with Gasteiger partial charge in [-0.2, -0.15) is 4.98 Å². The molecule has 0 aliphatic carbocycles. The van der Waals surface area contributed by atoms with E-state index in [2.05, 4.69) is 20.7 Å². The predicted molar refractivity (Wildman–Crippen MR) is 159 cm³/mol. The second-order valence-corrected chi connectivity index (χ2v) is 12.4. The van der Waals surface area contributed by atoms with E-state index in [1.165, 1.54) is 19.2 Å². The third kappa shape index (κ3) is 5.18. The standard InChI is InChI=1S/C31H28FN5O4S/c1-18-17-42(39,40)28-15-27(41-3)26(14-25(18)28)34-31-35-29-13-8-22(16-37(29)36-31)21-6-11-24(12-7-21)33-30(38)19(2)20-4-9-23(32)10-5-20/h4-16,18-19H,17H2,1-3H3,(H,33,38)(H,34,36). The number of nitrogens with zero attached hydrogens (tertiary/aromatic N) is 3. The maximum absolute atomic E-state index is 13.2. The zero-order valence-corrected chi connectivity index (χ0v) is 23.9. The molecule has 11 heteroatoms. The van der Waals surface area contributed by atoms with Crippen molar-refractivity contribution < 1.29 is 22.3 Å². The maximum atomic E-state index is 13.2. The Morgan fingerprint density at radius 1 is 1.05 bits per heavy atom. The van der Waals surface area contributed by atoms with Gasteiger partial charge in [0.25, 0.3) is 0 Å². The first-order valence-electron chi connectivity index (χ1n) is 13.4. The highest BCUT2D eigenvalue weighted by molar-refractivity contribution is 7.91. The molecular weight excluding hydrogens is 557 g/mol. The Hall–Kier alpha value is -4.77. The van der Waals surface area contributed by atoms with Crippen LogP contribution in [0.1, 0.15) is 36.8 Å². The summed E-state index contributed by atoms with van der Waals surface area (Å²) in [7, 11) is -1.84. The Morgan fingerprint density at radius 2 is 1.76 bits per heavy atom. The van der Waals surface area contributed by atoms with Gasteiger partial charge in [-0.05, 0) is 72.0 Å². The molecule has 0 saturated carbocycles. The zero-order valence-electron chi connectivity index (χ0n) is 23.1. The molecule has 6 rings (SSSR count). The summed E-state index contributed by atoms with van der Waals surface area (Å²) in [6.07, 6.45) is 1.85. The van der Waals surface area contributed by atoms with E-state index >= 15 is 0 Å². The summed E-state index contributed by atoms with van der Waals surface area (Å²) in [5.41, 5.74) is 5.15. The van der Waals surface area contributed by atoms with E-state index < -0.39 is 15.8 Å². The van der Waals surface area contributed by atoms with E-state index in [-0.39, 0.29) is 23.4 Å². The lowest BCUT2D eigenvalue weighted by Gasteiger charge is -2.13. The molecule has 1 amide bonds. The normalized spacial score (nSPS) is 16.1. The highest BCUT2D eigenvalue weighted by Gasteiger charge is 2.33. The van der Waals surface area contributed by atoms with Crippen LogP contribution in [0.5, 0.6) is 5.75 Å². The Balaban J connectivity index is 1.19. The second-order valence-electron chi connectivity index (χ2n) is 10.4. The predicted octanol–water partition coefficient (Wildman–Crippen LogP) is 5.92. The van der Waals surface area contributed by atoms with Gasteiger partial charge in [-0.3, -0.25) is 4.79 Å². The maximum Gasteiger partial charge on any atom is 0.247 e. The molecule has 0 spiro atoms. The van der Waals surface area contributed by atoms with Gasteiger partial charge in [0.15, 0.2) is 15.5 Å². The summed E-state index contributed by atoms with van der Waals surface area (Å²) in [5, 5.41) is 10.6. The number of benzene rings is 3. The highest BCUT2D eigenvalue weighted by atomic mass is 32.2. The van der Waals surface area contributed by atoms with Crippen LogP contribution in [0.4, 0.5) is 21.7 Å². The fourth-order valence-electron chi connectivity index (χ4n) is 5.13. The third-order valence-electron chi connectivity index (χ3n) is 7.49. The van der Waals surface area contributed by atoms with Crippen LogP contribution in [-0.2, 0) is 14.6 Å². The van der Waals surface area contributed by atoms with Crippen molar-refractivity contribution in [1.29, 1.82) is 0 Å². The number of methoxy groups -OCH3 is 1. The average Bonchev–Trinajstić information content (AvgIpc) is 3.48. The van der Waals surface area contributed by atoms with Gasteiger partial charge in [0.05, 0.1) is 29.4 Å². The van der Waals surface area contributed by atoms with Crippen LogP contribution in [0.15, 0.2) is 83.9 Å². The van der Waals surface area contributed by atoms with E-state index in [0.29, 0.717) is 33.6 Å². The Kier molecular flexibility index (Phi) is 6.90. The van der Waals surface area contributed by atoms with Gasteiger partial charge in [-0.15, -0.1) is 5.10 Å². The summed E-state index contributed by atoms with van der Waals surface area (Å²) in [6.45, 7) is 3.66. The van der Waals surface area contributed by atoms with Crippen molar-refractivity contribution in [2.24, 2.45) is 0 Å². The topological polar surface area (TPSA) is 115 Å². The molecule has 214 valence electrons. The molecule has 5 aromatic rings. The molecule has 2 atom stereocenters. The van der Waals surface area contributed by atoms with Crippen LogP contribution in [-0.4, -0.2) is 41.8 Å². The number of ether oxygens (including phenoxy) is 1. The smallest absolute Gasteiger partial charge is 0.247 e. The quantitative estimate of drug-likeness (QED) is 0.244. The van der Waals surface area contributed by atoms with Crippen LogP contribution >= 0.6 is 0 Å². The molecule has 1 aliphatic heterocycles. The minimum Gasteiger partial charge on any atom is -0.495 e. The van der Waals surface area contributed by atoms with Crippen LogP contribution in [0.3, 0.4) is 0 Å². The number of carbonyl (C=O) groups is 1. The SMILES string of the molecule is COc1cc2c(cc1Nc1nc3ccc(-c4ccc(NC(=O)C(C)c5ccc(F)cc5)cc4)cn3n1)C(C)CS2(=O)=O. The first-order valence-corrected chi connectivity index (χ1v) is 15.0. The van der Waals surface area contributed by atoms with Crippen molar-refractivity contribution in [2.45, 2.75) is 30.6 Å². The van der Waals surface area contributed by atoms with E-state index in [0.717, 1.165) is 22.3 Å². The molecule has 0 bridgehead atoms.